The molecule has 0 saturated heterocycles. The number of hydrogen-bond acceptors (Lipinski definition) is 7. The van der Waals surface area contributed by atoms with E-state index in [4.69, 9.17) is 18.5 Å². The van der Waals surface area contributed by atoms with Crippen molar-refractivity contribution in [2.24, 2.45) is 0 Å². The van der Waals surface area contributed by atoms with Crippen LogP contribution in [0.15, 0.2) is 97.2 Å². The maximum atomic E-state index is 12.8. The average molecular weight is 985 g/mol. The van der Waals surface area contributed by atoms with Gasteiger partial charge in [-0.25, -0.2) is 4.57 Å². The van der Waals surface area contributed by atoms with Gasteiger partial charge in [-0.1, -0.05) is 220 Å². The molecule has 0 fully saturated rings. The molecule has 0 bridgehead atoms. The zero-order chi connectivity index (χ0) is 50.6. The summed E-state index contributed by atoms with van der Waals surface area (Å²) in [6.45, 7) is 4.29. The van der Waals surface area contributed by atoms with Gasteiger partial charge in [-0.3, -0.25) is 18.6 Å². The summed E-state index contributed by atoms with van der Waals surface area (Å²) in [5, 5.41) is 0. The number of unbranched alkanes of at least 4 members (excludes halogenated alkanes) is 19. The van der Waals surface area contributed by atoms with E-state index in [0.717, 1.165) is 109 Å². The molecule has 0 aromatic heterocycles. The van der Waals surface area contributed by atoms with E-state index in [1.807, 2.05) is 21.1 Å². The highest BCUT2D eigenvalue weighted by molar-refractivity contribution is 7.47. The maximum absolute atomic E-state index is 12.8. The van der Waals surface area contributed by atoms with Crippen LogP contribution in [0.5, 0.6) is 0 Å². The fraction of sp³-hybridized carbons (Fsp3) is 0.695. The average Bonchev–Trinajstić information content (AvgIpc) is 3.31. The summed E-state index contributed by atoms with van der Waals surface area (Å²) in [4.78, 5) is 35.6. The fourth-order valence-corrected chi connectivity index (χ4v) is 7.89. The Hall–Kier alpha value is -3.07. The van der Waals surface area contributed by atoms with E-state index in [1.165, 1.54) is 70.6 Å². The Kier molecular flexibility index (Phi) is 47.7. The number of phosphoric ester groups is 1. The highest BCUT2D eigenvalue weighted by atomic mass is 31.2. The number of allylic oxidation sites excluding steroid dienone is 16. The number of quaternary nitrogens is 1. The Morgan fingerprint density at radius 1 is 0.464 bits per heavy atom. The number of phosphoric acid groups is 1. The van der Waals surface area contributed by atoms with Crippen LogP contribution in [-0.4, -0.2) is 74.9 Å². The quantitative estimate of drug-likeness (QED) is 0.0211. The SMILES string of the molecule is CC/C=C\C/C=C\C/C=C\C/C=C\C/C=C\C/C=C\C/C=C\C/C=C\CCCCCCCCC(=O)OC(COC(=O)CCCCCCCCCCCCCCCC)COP(=O)(O)OCC[N+](C)(C)C. The lowest BCUT2D eigenvalue weighted by molar-refractivity contribution is -0.870. The summed E-state index contributed by atoms with van der Waals surface area (Å²) in [6, 6.07) is 0. The van der Waals surface area contributed by atoms with Gasteiger partial charge >= 0.3 is 19.8 Å². The first kappa shape index (κ1) is 65.9. The van der Waals surface area contributed by atoms with E-state index >= 15 is 0 Å². The van der Waals surface area contributed by atoms with Crippen molar-refractivity contribution in [3.05, 3.63) is 97.2 Å². The molecule has 1 N–H and O–H groups in total. The number of carbonyl (C=O) groups is 2. The third-order valence-corrected chi connectivity index (χ3v) is 12.4. The molecule has 0 heterocycles. The molecule has 9 nitrogen and oxygen atoms in total. The number of likely N-dealkylation sites (N-methyl/N-ethyl adjacent to an activating group) is 1. The third-order valence-electron chi connectivity index (χ3n) is 11.4. The largest absolute Gasteiger partial charge is 0.472 e. The molecule has 0 aromatic carbocycles. The van der Waals surface area contributed by atoms with Gasteiger partial charge in [-0.2, -0.15) is 0 Å². The van der Waals surface area contributed by atoms with Gasteiger partial charge in [0.2, 0.25) is 0 Å². The van der Waals surface area contributed by atoms with Crippen LogP contribution in [0.4, 0.5) is 0 Å². The van der Waals surface area contributed by atoms with E-state index in [1.54, 1.807) is 0 Å². The number of rotatable bonds is 49. The van der Waals surface area contributed by atoms with Crippen molar-refractivity contribution >= 4 is 19.8 Å². The van der Waals surface area contributed by atoms with E-state index in [2.05, 4.69) is 111 Å². The van der Waals surface area contributed by atoms with Crippen LogP contribution in [0.1, 0.15) is 213 Å². The van der Waals surface area contributed by atoms with Crippen LogP contribution in [0.3, 0.4) is 0 Å². The van der Waals surface area contributed by atoms with Crippen molar-refractivity contribution in [2.45, 2.75) is 219 Å². The second kappa shape index (κ2) is 49.9. The molecule has 0 radical (unpaired) electrons. The van der Waals surface area contributed by atoms with Crippen molar-refractivity contribution in [3.8, 4) is 0 Å². The molecule has 0 aliphatic rings. The summed E-state index contributed by atoms with van der Waals surface area (Å²) in [5.41, 5.74) is 0. The van der Waals surface area contributed by atoms with Crippen LogP contribution in [0.25, 0.3) is 0 Å². The molecule has 0 aliphatic carbocycles. The molecule has 0 rings (SSSR count). The molecule has 0 amide bonds. The van der Waals surface area contributed by atoms with Crippen LogP contribution in [-0.2, 0) is 32.7 Å². The van der Waals surface area contributed by atoms with E-state index in [-0.39, 0.29) is 32.0 Å². The minimum Gasteiger partial charge on any atom is -0.462 e. The smallest absolute Gasteiger partial charge is 0.462 e. The monoisotopic (exact) mass is 985 g/mol. The van der Waals surface area contributed by atoms with Gasteiger partial charge in [0.25, 0.3) is 0 Å². The first-order chi connectivity index (χ1) is 33.5. The van der Waals surface area contributed by atoms with Crippen LogP contribution < -0.4 is 0 Å². The Bertz CT molecular complexity index is 1490. The minimum absolute atomic E-state index is 0.0249. The molecule has 0 aliphatic heterocycles. The maximum Gasteiger partial charge on any atom is 0.472 e. The number of hydrogen-bond donors (Lipinski definition) is 1. The van der Waals surface area contributed by atoms with Gasteiger partial charge < -0.3 is 18.9 Å². The molecular weight excluding hydrogens is 882 g/mol. The third kappa shape index (κ3) is 54.1. The molecule has 10 heteroatoms. The van der Waals surface area contributed by atoms with Gasteiger partial charge in [0.05, 0.1) is 27.7 Å². The molecule has 2 unspecified atom stereocenters. The molecule has 0 saturated carbocycles. The van der Waals surface area contributed by atoms with Gasteiger partial charge in [0, 0.05) is 12.8 Å². The summed E-state index contributed by atoms with van der Waals surface area (Å²) in [7, 11) is 1.46. The van der Waals surface area contributed by atoms with Crippen LogP contribution >= 0.6 is 7.82 Å². The van der Waals surface area contributed by atoms with Crippen LogP contribution in [0, 0.1) is 0 Å². The number of carbonyl (C=O) groups excluding carboxylic acids is 2. The van der Waals surface area contributed by atoms with Crippen molar-refractivity contribution in [1.82, 2.24) is 0 Å². The second-order valence-corrected chi connectivity index (χ2v) is 20.7. The fourth-order valence-electron chi connectivity index (χ4n) is 7.15. The number of nitrogens with zero attached hydrogens (tertiary/aromatic N) is 1. The molecule has 396 valence electrons. The normalized spacial score (nSPS) is 14.1. The topological polar surface area (TPSA) is 108 Å². The molecular formula is C59H103NO8P+. The van der Waals surface area contributed by atoms with Crippen LogP contribution in [0.2, 0.25) is 0 Å². The summed E-state index contributed by atoms with van der Waals surface area (Å²) in [6.07, 6.45) is 67.5. The molecule has 2 atom stereocenters. The van der Waals surface area contributed by atoms with Gasteiger partial charge in [-0.15, -0.1) is 0 Å². The minimum atomic E-state index is -4.39. The number of esters is 2. The first-order valence-corrected chi connectivity index (χ1v) is 29.0. The van der Waals surface area contributed by atoms with E-state index in [0.29, 0.717) is 17.4 Å². The summed E-state index contributed by atoms with van der Waals surface area (Å²) >= 11 is 0. The zero-order valence-corrected chi connectivity index (χ0v) is 45.7. The van der Waals surface area contributed by atoms with Gasteiger partial charge in [0.1, 0.15) is 19.8 Å². The molecule has 0 spiro atoms. The first-order valence-electron chi connectivity index (χ1n) is 27.5. The van der Waals surface area contributed by atoms with Gasteiger partial charge in [-0.05, 0) is 77.0 Å². The lowest BCUT2D eigenvalue weighted by atomic mass is 10.0. The predicted octanol–water partition coefficient (Wildman–Crippen LogP) is 16.9. The second-order valence-electron chi connectivity index (χ2n) is 19.2. The van der Waals surface area contributed by atoms with Crippen molar-refractivity contribution in [3.63, 3.8) is 0 Å². The Morgan fingerprint density at radius 2 is 0.826 bits per heavy atom. The summed E-state index contributed by atoms with van der Waals surface area (Å²) in [5.74, 6) is -0.816. The molecule has 69 heavy (non-hydrogen) atoms. The lowest BCUT2D eigenvalue weighted by Gasteiger charge is -2.24. The van der Waals surface area contributed by atoms with Crippen molar-refractivity contribution in [2.75, 3.05) is 47.5 Å². The van der Waals surface area contributed by atoms with Gasteiger partial charge in [0.15, 0.2) is 6.10 Å². The lowest BCUT2D eigenvalue weighted by Crippen LogP contribution is -2.37. The Morgan fingerprint density at radius 3 is 1.23 bits per heavy atom. The Labute approximate surface area is 423 Å². The highest BCUT2D eigenvalue weighted by Crippen LogP contribution is 2.43. The highest BCUT2D eigenvalue weighted by Gasteiger charge is 2.27. The Balaban J connectivity index is 4.23. The molecule has 0 aromatic rings. The predicted molar refractivity (Wildman–Crippen MR) is 293 cm³/mol. The standard InChI is InChI=1S/C59H102NO8P/c1-6-8-10-12-14-16-18-20-22-23-24-25-26-27-28-29-30-31-32-33-34-35-36-37-38-40-42-44-46-48-50-52-59(62)68-57(56-67-69(63,64)66-54-53-60(3,4)5)55-65-58(61)51-49-47-45-43-41-39-21-19-17-15-13-11-9-7-2/h8,10,14,16,20,22,24-25,27-28,30-31,33-34,36-37,57H,6-7,9,11-13,15,17-19,21,23,26,29,32,35,38-56H2,1-5H3/p+1/b10-8-,16-14-,22-20-,25-24-,28-27-,31-30-,34-33-,37-36-. The van der Waals surface area contributed by atoms with E-state index in [9.17, 15) is 19.0 Å². The van der Waals surface area contributed by atoms with Crippen molar-refractivity contribution < 1.29 is 42.1 Å². The summed E-state index contributed by atoms with van der Waals surface area (Å²) < 4.78 is 34.5. The van der Waals surface area contributed by atoms with E-state index < -0.39 is 26.5 Å². The zero-order valence-electron chi connectivity index (χ0n) is 44.8. The van der Waals surface area contributed by atoms with Crippen molar-refractivity contribution in [1.29, 1.82) is 0 Å². The number of ether oxygens (including phenoxy) is 2.